The van der Waals surface area contributed by atoms with E-state index in [0.717, 1.165) is 31.5 Å². The van der Waals surface area contributed by atoms with Crippen molar-refractivity contribution >= 4 is 5.69 Å². The van der Waals surface area contributed by atoms with Crippen molar-refractivity contribution in [3.8, 4) is 0 Å². The lowest BCUT2D eigenvalue weighted by molar-refractivity contribution is 0.370. The van der Waals surface area contributed by atoms with Gasteiger partial charge in [-0.1, -0.05) is 0 Å². The number of rotatable bonds is 2. The highest BCUT2D eigenvalue weighted by Gasteiger charge is 2.28. The highest BCUT2D eigenvalue weighted by atomic mass is 19.1. The van der Waals surface area contributed by atoms with Crippen molar-refractivity contribution in [2.75, 3.05) is 11.4 Å². The minimum absolute atomic E-state index is 0.0976. The molecule has 1 unspecified atom stereocenters. The second kappa shape index (κ2) is 4.99. The molecule has 0 amide bonds. The minimum Gasteiger partial charge on any atom is -0.423 e. The standard InChI is InChI=1S/C14H16FN3O/c1-10-16-17-14(19-10)13-4-2-3-9-18(13)12-7-5-11(15)6-8-12/h5-8,13H,2-4,9H2,1H3. The van der Waals surface area contributed by atoms with Crippen LogP contribution >= 0.6 is 0 Å². The van der Waals surface area contributed by atoms with Crippen LogP contribution in [0.4, 0.5) is 10.1 Å². The van der Waals surface area contributed by atoms with Crippen LogP contribution in [-0.2, 0) is 0 Å². The molecule has 0 spiro atoms. The molecule has 0 bridgehead atoms. The van der Waals surface area contributed by atoms with E-state index in [0.29, 0.717) is 11.8 Å². The third kappa shape index (κ3) is 2.45. The van der Waals surface area contributed by atoms with Gasteiger partial charge in [0.2, 0.25) is 11.8 Å². The van der Waals surface area contributed by atoms with E-state index in [2.05, 4.69) is 15.1 Å². The Balaban J connectivity index is 1.90. The van der Waals surface area contributed by atoms with Gasteiger partial charge in [0.05, 0.1) is 0 Å². The monoisotopic (exact) mass is 261 g/mol. The first kappa shape index (κ1) is 12.1. The van der Waals surface area contributed by atoms with E-state index in [-0.39, 0.29) is 11.9 Å². The molecule has 1 aromatic carbocycles. The molecule has 1 saturated heterocycles. The summed E-state index contributed by atoms with van der Waals surface area (Å²) in [5, 5.41) is 8.03. The normalized spacial score (nSPS) is 19.7. The molecule has 1 aliphatic heterocycles. The third-order valence-electron chi connectivity index (χ3n) is 3.49. The summed E-state index contributed by atoms with van der Waals surface area (Å²) >= 11 is 0. The highest BCUT2D eigenvalue weighted by Crippen LogP contribution is 2.34. The largest absolute Gasteiger partial charge is 0.423 e. The van der Waals surface area contributed by atoms with E-state index in [9.17, 15) is 4.39 Å². The maximum Gasteiger partial charge on any atom is 0.238 e. The first-order valence-electron chi connectivity index (χ1n) is 6.56. The summed E-state index contributed by atoms with van der Waals surface area (Å²) in [5.74, 6) is 1.02. The van der Waals surface area contributed by atoms with E-state index >= 15 is 0 Å². The Kier molecular flexibility index (Phi) is 3.19. The number of halogens is 1. The molecule has 0 N–H and O–H groups in total. The maximum atomic E-state index is 13.0. The van der Waals surface area contributed by atoms with Crippen molar-refractivity contribution < 1.29 is 8.81 Å². The van der Waals surface area contributed by atoms with Gasteiger partial charge in [-0.25, -0.2) is 4.39 Å². The number of piperidine rings is 1. The lowest BCUT2D eigenvalue weighted by atomic mass is 10.0. The van der Waals surface area contributed by atoms with Gasteiger partial charge in [-0.05, 0) is 43.5 Å². The Bertz CT molecular complexity index is 552. The Morgan fingerprint density at radius 1 is 1.21 bits per heavy atom. The summed E-state index contributed by atoms with van der Waals surface area (Å²) in [6.07, 6.45) is 3.25. The predicted octanol–water partition coefficient (Wildman–Crippen LogP) is 3.25. The van der Waals surface area contributed by atoms with Gasteiger partial charge < -0.3 is 9.32 Å². The molecule has 1 fully saturated rings. The fourth-order valence-electron chi connectivity index (χ4n) is 2.58. The Hall–Kier alpha value is -1.91. The lowest BCUT2D eigenvalue weighted by Gasteiger charge is -2.35. The van der Waals surface area contributed by atoms with E-state index < -0.39 is 0 Å². The van der Waals surface area contributed by atoms with Crippen molar-refractivity contribution in [3.63, 3.8) is 0 Å². The van der Waals surface area contributed by atoms with Gasteiger partial charge in [-0.2, -0.15) is 0 Å². The molecular weight excluding hydrogens is 245 g/mol. The van der Waals surface area contributed by atoms with Crippen molar-refractivity contribution in [2.45, 2.75) is 32.2 Å². The van der Waals surface area contributed by atoms with Gasteiger partial charge >= 0.3 is 0 Å². The first-order chi connectivity index (χ1) is 9.24. The smallest absolute Gasteiger partial charge is 0.238 e. The fourth-order valence-corrected chi connectivity index (χ4v) is 2.58. The zero-order chi connectivity index (χ0) is 13.2. The Labute approximate surface area is 111 Å². The molecule has 0 saturated carbocycles. The van der Waals surface area contributed by atoms with Crippen LogP contribution in [0.15, 0.2) is 28.7 Å². The van der Waals surface area contributed by atoms with E-state index in [4.69, 9.17) is 4.42 Å². The van der Waals surface area contributed by atoms with Crippen molar-refractivity contribution in [3.05, 3.63) is 41.9 Å². The summed E-state index contributed by atoms with van der Waals surface area (Å²) in [4.78, 5) is 2.22. The topological polar surface area (TPSA) is 42.2 Å². The van der Waals surface area contributed by atoms with Gasteiger partial charge in [-0.3, -0.25) is 0 Å². The van der Waals surface area contributed by atoms with Crippen molar-refractivity contribution in [2.24, 2.45) is 0 Å². The molecule has 4 nitrogen and oxygen atoms in total. The van der Waals surface area contributed by atoms with Gasteiger partial charge in [0.15, 0.2) is 0 Å². The number of hydrogen-bond acceptors (Lipinski definition) is 4. The van der Waals surface area contributed by atoms with E-state index in [1.807, 2.05) is 0 Å². The molecule has 2 aromatic rings. The van der Waals surface area contributed by atoms with Gasteiger partial charge in [0.1, 0.15) is 11.9 Å². The van der Waals surface area contributed by atoms with Crippen LogP contribution in [-0.4, -0.2) is 16.7 Å². The zero-order valence-corrected chi connectivity index (χ0v) is 10.8. The van der Waals surface area contributed by atoms with Crippen molar-refractivity contribution in [1.29, 1.82) is 0 Å². The number of aryl methyl sites for hydroxylation is 1. The Morgan fingerprint density at radius 2 is 2.00 bits per heavy atom. The summed E-state index contributed by atoms with van der Waals surface area (Å²) in [5.41, 5.74) is 1.00. The highest BCUT2D eigenvalue weighted by molar-refractivity contribution is 5.48. The molecule has 1 atom stereocenters. The molecule has 2 heterocycles. The van der Waals surface area contributed by atoms with Gasteiger partial charge in [0, 0.05) is 19.2 Å². The number of nitrogens with zero attached hydrogens (tertiary/aromatic N) is 3. The number of aromatic nitrogens is 2. The number of anilines is 1. The average Bonchev–Trinajstić information content (AvgIpc) is 2.86. The second-order valence-electron chi connectivity index (χ2n) is 4.84. The zero-order valence-electron chi connectivity index (χ0n) is 10.8. The van der Waals surface area contributed by atoms with Crippen LogP contribution in [0.3, 0.4) is 0 Å². The van der Waals surface area contributed by atoms with Crippen LogP contribution < -0.4 is 4.90 Å². The molecule has 0 radical (unpaired) electrons. The van der Waals surface area contributed by atoms with Gasteiger partial charge in [0.25, 0.3) is 0 Å². The van der Waals surface area contributed by atoms with Gasteiger partial charge in [-0.15, -0.1) is 10.2 Å². The second-order valence-corrected chi connectivity index (χ2v) is 4.84. The molecule has 0 aliphatic carbocycles. The summed E-state index contributed by atoms with van der Waals surface area (Å²) in [7, 11) is 0. The molecule has 19 heavy (non-hydrogen) atoms. The maximum absolute atomic E-state index is 13.0. The molecule has 5 heteroatoms. The molecule has 1 aliphatic rings. The average molecular weight is 261 g/mol. The van der Waals surface area contributed by atoms with Crippen LogP contribution in [0.5, 0.6) is 0 Å². The summed E-state index contributed by atoms with van der Waals surface area (Å²) in [6, 6.07) is 6.67. The number of benzene rings is 1. The molecule has 100 valence electrons. The minimum atomic E-state index is -0.217. The number of hydrogen-bond donors (Lipinski definition) is 0. The Morgan fingerprint density at radius 3 is 2.68 bits per heavy atom. The molecule has 1 aromatic heterocycles. The van der Waals surface area contributed by atoms with Crippen LogP contribution in [0, 0.1) is 12.7 Å². The van der Waals surface area contributed by atoms with Crippen LogP contribution in [0.25, 0.3) is 0 Å². The third-order valence-corrected chi connectivity index (χ3v) is 3.49. The molecular formula is C14H16FN3O. The van der Waals surface area contributed by atoms with Crippen molar-refractivity contribution in [1.82, 2.24) is 10.2 Å². The predicted molar refractivity (Wildman–Crippen MR) is 69.4 cm³/mol. The van der Waals surface area contributed by atoms with E-state index in [1.54, 1.807) is 19.1 Å². The van der Waals surface area contributed by atoms with Crippen LogP contribution in [0.2, 0.25) is 0 Å². The SMILES string of the molecule is Cc1nnc(C2CCCCN2c2ccc(F)cc2)o1. The lowest BCUT2D eigenvalue weighted by Crippen LogP contribution is -2.33. The summed E-state index contributed by atoms with van der Waals surface area (Å²) < 4.78 is 18.6. The quantitative estimate of drug-likeness (QED) is 0.832. The fraction of sp³-hybridized carbons (Fsp3) is 0.429. The van der Waals surface area contributed by atoms with E-state index in [1.165, 1.54) is 12.1 Å². The summed E-state index contributed by atoms with van der Waals surface area (Å²) in [6.45, 7) is 2.72. The van der Waals surface area contributed by atoms with Crippen LogP contribution in [0.1, 0.15) is 37.1 Å². The first-order valence-corrected chi connectivity index (χ1v) is 6.56. The molecule has 3 rings (SSSR count).